The molecule has 4 nitrogen and oxygen atoms in total. The van der Waals surface area contributed by atoms with Crippen LogP contribution in [0.25, 0.3) is 0 Å². The molecule has 0 fully saturated rings. The largest absolute Gasteiger partial charge is 0.481 e. The van der Waals surface area contributed by atoms with E-state index in [1.807, 2.05) is 20.8 Å². The molecule has 6 heteroatoms. The minimum atomic E-state index is -0.787. The number of esters is 1. The predicted octanol–water partition coefficient (Wildman–Crippen LogP) is 2.68. The van der Waals surface area contributed by atoms with E-state index >= 15 is 0 Å². The van der Waals surface area contributed by atoms with Gasteiger partial charge in [-0.1, -0.05) is 35.4 Å². The summed E-state index contributed by atoms with van der Waals surface area (Å²) in [6.07, 6.45) is -0.0883. The summed E-state index contributed by atoms with van der Waals surface area (Å²) >= 11 is 0. The highest BCUT2D eigenvalue weighted by Gasteiger charge is 2.17. The third kappa shape index (κ3) is 8.37. The molecule has 0 aliphatic rings. The minimum absolute atomic E-state index is 0.0883. The lowest BCUT2D eigenvalue weighted by atomic mass is 10.2. The van der Waals surface area contributed by atoms with E-state index in [2.05, 4.69) is 0 Å². The number of carboxylic acids is 1. The number of aliphatic carboxylic acids is 1. The van der Waals surface area contributed by atoms with Gasteiger partial charge in [0.2, 0.25) is 0 Å². The number of hydrogen-bond donors (Lipinski definition) is 1. The fourth-order valence-corrected chi connectivity index (χ4v) is 3.47. The number of rotatable bonds is 8. The first kappa shape index (κ1) is 16.6. The summed E-state index contributed by atoms with van der Waals surface area (Å²) in [6.45, 7) is 7.13. The molecule has 100 valence electrons. The van der Waals surface area contributed by atoms with Crippen LogP contribution in [-0.4, -0.2) is 34.7 Å². The highest BCUT2D eigenvalue weighted by Crippen LogP contribution is 2.26. The molecule has 0 radical (unpaired) electrons. The molecule has 2 atom stereocenters. The molecule has 0 saturated heterocycles. The molecule has 0 aliphatic carbocycles. The summed E-state index contributed by atoms with van der Waals surface area (Å²) in [5, 5.41) is 8.68. The van der Waals surface area contributed by atoms with Gasteiger partial charge in [-0.05, 0) is 13.8 Å². The molecule has 0 saturated carbocycles. The van der Waals surface area contributed by atoms with Crippen molar-refractivity contribution < 1.29 is 19.4 Å². The van der Waals surface area contributed by atoms with Crippen LogP contribution in [0.1, 0.15) is 27.7 Å². The summed E-state index contributed by atoms with van der Waals surface area (Å²) in [5.41, 5.74) is 0. The highest BCUT2D eigenvalue weighted by molar-refractivity contribution is 8.76. The Morgan fingerprint density at radius 2 is 1.53 bits per heavy atom. The Bertz CT molecular complexity index is 256. The van der Waals surface area contributed by atoms with Crippen LogP contribution in [0.4, 0.5) is 0 Å². The van der Waals surface area contributed by atoms with Crippen LogP contribution >= 0.6 is 21.6 Å². The topological polar surface area (TPSA) is 63.6 Å². The SMILES string of the molecule is CC(C)OC(=O)C(C)CSSCC(C)C(=O)O. The molecule has 0 aromatic heterocycles. The molecule has 2 unspecified atom stereocenters. The zero-order valence-corrected chi connectivity index (χ0v) is 12.3. The van der Waals surface area contributed by atoms with Crippen molar-refractivity contribution in [3.63, 3.8) is 0 Å². The van der Waals surface area contributed by atoms with Gasteiger partial charge in [0, 0.05) is 11.5 Å². The zero-order valence-electron chi connectivity index (χ0n) is 10.6. The van der Waals surface area contributed by atoms with Crippen molar-refractivity contribution in [3.05, 3.63) is 0 Å². The van der Waals surface area contributed by atoms with Crippen LogP contribution in [0, 0.1) is 11.8 Å². The summed E-state index contributed by atoms with van der Waals surface area (Å²) < 4.78 is 5.07. The average molecular weight is 280 g/mol. The Kier molecular flexibility index (Phi) is 8.51. The second-order valence-corrected chi connectivity index (χ2v) is 6.75. The lowest BCUT2D eigenvalue weighted by molar-refractivity contribution is -0.151. The fraction of sp³-hybridized carbons (Fsp3) is 0.818. The van der Waals surface area contributed by atoms with Crippen molar-refractivity contribution in [2.24, 2.45) is 11.8 Å². The van der Waals surface area contributed by atoms with E-state index in [0.29, 0.717) is 11.5 Å². The molecule has 0 aromatic carbocycles. The van der Waals surface area contributed by atoms with Crippen molar-refractivity contribution in [2.75, 3.05) is 11.5 Å². The molecule has 0 spiro atoms. The molecule has 0 rings (SSSR count). The summed E-state index contributed by atoms with van der Waals surface area (Å²) in [4.78, 5) is 22.0. The van der Waals surface area contributed by atoms with Crippen molar-refractivity contribution in [2.45, 2.75) is 33.8 Å². The second-order valence-electron chi connectivity index (χ2n) is 4.20. The Morgan fingerprint density at radius 3 is 1.94 bits per heavy atom. The van der Waals surface area contributed by atoms with E-state index < -0.39 is 5.97 Å². The first-order valence-corrected chi connectivity index (χ1v) is 8.01. The summed E-state index contributed by atoms with van der Waals surface area (Å²) in [7, 11) is 3.00. The lowest BCUT2D eigenvalue weighted by Crippen LogP contribution is -2.20. The number of hydrogen-bond acceptors (Lipinski definition) is 5. The van der Waals surface area contributed by atoms with Crippen molar-refractivity contribution in [1.82, 2.24) is 0 Å². The Hall–Kier alpha value is -0.360. The van der Waals surface area contributed by atoms with E-state index in [1.165, 1.54) is 21.6 Å². The van der Waals surface area contributed by atoms with Gasteiger partial charge in [-0.25, -0.2) is 0 Å². The van der Waals surface area contributed by atoms with E-state index in [9.17, 15) is 9.59 Å². The minimum Gasteiger partial charge on any atom is -0.481 e. The van der Waals surface area contributed by atoms with Gasteiger partial charge < -0.3 is 9.84 Å². The Balaban J connectivity index is 3.67. The number of carboxylic acid groups (broad SMARTS) is 1. The molecular weight excluding hydrogens is 260 g/mol. The number of carbonyl (C=O) groups excluding carboxylic acids is 1. The van der Waals surface area contributed by atoms with Gasteiger partial charge in [-0.2, -0.15) is 0 Å². The monoisotopic (exact) mass is 280 g/mol. The molecule has 17 heavy (non-hydrogen) atoms. The Labute approximate surface area is 110 Å². The van der Waals surface area contributed by atoms with E-state index in [-0.39, 0.29) is 23.9 Å². The van der Waals surface area contributed by atoms with Crippen molar-refractivity contribution >= 4 is 33.5 Å². The van der Waals surface area contributed by atoms with Crippen LogP contribution in [-0.2, 0) is 14.3 Å². The Morgan fingerprint density at radius 1 is 1.06 bits per heavy atom. The number of ether oxygens (including phenoxy) is 1. The molecule has 1 N–H and O–H groups in total. The van der Waals surface area contributed by atoms with Gasteiger partial charge in [0.05, 0.1) is 17.9 Å². The maximum absolute atomic E-state index is 11.5. The van der Waals surface area contributed by atoms with E-state index in [4.69, 9.17) is 9.84 Å². The van der Waals surface area contributed by atoms with Crippen molar-refractivity contribution in [1.29, 1.82) is 0 Å². The standard InChI is InChI=1S/C11H20O4S2/c1-7(2)15-11(14)9(4)6-17-16-5-8(3)10(12)13/h7-9H,5-6H2,1-4H3,(H,12,13). The zero-order chi connectivity index (χ0) is 13.4. The van der Waals surface area contributed by atoms with Gasteiger partial charge >= 0.3 is 11.9 Å². The molecular formula is C11H20O4S2. The van der Waals surface area contributed by atoms with Crippen LogP contribution in [0.15, 0.2) is 0 Å². The van der Waals surface area contributed by atoms with Crippen molar-refractivity contribution in [3.8, 4) is 0 Å². The first-order valence-electron chi connectivity index (χ1n) is 5.52. The van der Waals surface area contributed by atoms with Crippen LogP contribution in [0.3, 0.4) is 0 Å². The maximum Gasteiger partial charge on any atom is 0.309 e. The first-order chi connectivity index (χ1) is 7.84. The molecule has 0 bridgehead atoms. The van der Waals surface area contributed by atoms with Crippen LogP contribution in [0.5, 0.6) is 0 Å². The molecule has 0 aromatic rings. The fourth-order valence-electron chi connectivity index (χ4n) is 0.788. The quantitative estimate of drug-likeness (QED) is 0.419. The van der Waals surface area contributed by atoms with Gasteiger partial charge in [0.25, 0.3) is 0 Å². The van der Waals surface area contributed by atoms with Gasteiger partial charge in [-0.15, -0.1) is 0 Å². The average Bonchev–Trinajstić information content (AvgIpc) is 2.22. The maximum atomic E-state index is 11.5. The summed E-state index contributed by atoms with van der Waals surface area (Å²) in [5.74, 6) is -0.306. The smallest absolute Gasteiger partial charge is 0.309 e. The third-order valence-electron chi connectivity index (χ3n) is 1.90. The van der Waals surface area contributed by atoms with E-state index in [0.717, 1.165) is 0 Å². The molecule has 0 aliphatic heterocycles. The van der Waals surface area contributed by atoms with E-state index in [1.54, 1.807) is 6.92 Å². The predicted molar refractivity (Wildman–Crippen MR) is 72.1 cm³/mol. The van der Waals surface area contributed by atoms with Crippen LogP contribution < -0.4 is 0 Å². The normalized spacial score (nSPS) is 14.4. The molecule has 0 heterocycles. The van der Waals surface area contributed by atoms with Gasteiger partial charge in [0.1, 0.15) is 0 Å². The molecule has 0 amide bonds. The highest BCUT2D eigenvalue weighted by atomic mass is 33.1. The third-order valence-corrected chi connectivity index (χ3v) is 4.65. The van der Waals surface area contributed by atoms with Crippen LogP contribution in [0.2, 0.25) is 0 Å². The van der Waals surface area contributed by atoms with Gasteiger partial charge in [-0.3, -0.25) is 9.59 Å². The number of carbonyl (C=O) groups is 2. The summed E-state index contributed by atoms with van der Waals surface area (Å²) in [6, 6.07) is 0. The van der Waals surface area contributed by atoms with Gasteiger partial charge in [0.15, 0.2) is 0 Å². The lowest BCUT2D eigenvalue weighted by Gasteiger charge is -2.13. The second kappa shape index (κ2) is 8.69.